The molecule has 0 radical (unpaired) electrons. The maximum absolute atomic E-state index is 8.87. The second-order valence-electron chi connectivity index (χ2n) is 14.8. The minimum absolute atomic E-state index is 0.0666. The van der Waals surface area contributed by atoms with Gasteiger partial charge in [-0.3, -0.25) is 0 Å². The molecule has 0 saturated carbocycles. The molecule has 4 heterocycles. The van der Waals surface area contributed by atoms with Crippen molar-refractivity contribution in [1.82, 2.24) is 34.5 Å². The maximum atomic E-state index is 8.87. The summed E-state index contributed by atoms with van der Waals surface area (Å²) in [5, 5.41) is 4.00. The number of aromatic nitrogens is 7. The Morgan fingerprint density at radius 2 is 0.871 bits per heavy atom. The summed E-state index contributed by atoms with van der Waals surface area (Å²) in [5.41, 5.74) is 7.51. The Morgan fingerprint density at radius 3 is 1.50 bits per heavy atom. The van der Waals surface area contributed by atoms with Crippen LogP contribution in [0.4, 0.5) is 0 Å². The van der Waals surface area contributed by atoms with E-state index >= 15 is 0 Å². The van der Waals surface area contributed by atoms with Gasteiger partial charge in [0.1, 0.15) is 11.2 Å². The lowest BCUT2D eigenvalue weighted by Gasteiger charge is -2.16. The number of hydrogen-bond donors (Lipinski definition) is 0. The minimum Gasteiger partial charge on any atom is -0.456 e. The van der Waals surface area contributed by atoms with Crippen molar-refractivity contribution < 1.29 is 11.3 Å². The van der Waals surface area contributed by atoms with Gasteiger partial charge in [0.15, 0.2) is 34.9 Å². The molecule has 0 N–H and O–H groups in total. The molecule has 0 amide bonds. The molecule has 8 nitrogen and oxygen atoms in total. The SMILES string of the molecule is [2H]c1c([2H])c([2H])c(-c2nc(-c3ccccc3)nc(-c3ccc(-n4c5ccccc5c5cc6oc7ccccc7c6cc54)c(-c4nc(-c5ccccc5)nc(-c5ccccc5)n4)c3)n2)c([2H])c1[2H]. The van der Waals surface area contributed by atoms with E-state index in [1.807, 2.05) is 140 Å². The fraction of sp³-hybridized carbons (Fsp3) is 0. The topological polar surface area (TPSA) is 95.4 Å². The van der Waals surface area contributed by atoms with Crippen molar-refractivity contribution in [3.63, 3.8) is 0 Å². The quantitative estimate of drug-likeness (QED) is 0.158. The van der Waals surface area contributed by atoms with Gasteiger partial charge in [-0.15, -0.1) is 0 Å². The van der Waals surface area contributed by atoms with Crippen LogP contribution < -0.4 is 0 Å². The van der Waals surface area contributed by atoms with Crippen LogP contribution in [-0.4, -0.2) is 34.5 Å². The highest BCUT2D eigenvalue weighted by Gasteiger charge is 2.23. The van der Waals surface area contributed by atoms with E-state index < -0.39 is 30.2 Å². The van der Waals surface area contributed by atoms with Crippen LogP contribution in [0.15, 0.2) is 204 Å². The van der Waals surface area contributed by atoms with Gasteiger partial charge < -0.3 is 8.98 Å². The molecule has 12 aromatic rings. The number of hydrogen-bond acceptors (Lipinski definition) is 7. The fourth-order valence-electron chi connectivity index (χ4n) is 8.12. The number of rotatable bonds is 7. The molecule has 0 spiro atoms. The molecule has 0 bridgehead atoms. The lowest BCUT2D eigenvalue weighted by atomic mass is 10.1. The predicted octanol–water partition coefficient (Wildman–Crippen LogP) is 13.1. The van der Waals surface area contributed by atoms with Gasteiger partial charge in [0, 0.05) is 54.9 Å². The molecule has 62 heavy (non-hydrogen) atoms. The lowest BCUT2D eigenvalue weighted by Crippen LogP contribution is -2.05. The van der Waals surface area contributed by atoms with Crippen LogP contribution >= 0.6 is 0 Å². The van der Waals surface area contributed by atoms with E-state index in [1.54, 1.807) is 0 Å². The summed E-state index contributed by atoms with van der Waals surface area (Å²) in [5.74, 6) is 1.73. The van der Waals surface area contributed by atoms with Crippen LogP contribution in [0.5, 0.6) is 0 Å². The van der Waals surface area contributed by atoms with E-state index in [2.05, 4.69) is 34.9 Å². The Hall–Kier alpha value is -8.62. The third-order valence-corrected chi connectivity index (χ3v) is 11.0. The monoisotopic (exact) mass is 800 g/mol. The second kappa shape index (κ2) is 14.6. The van der Waals surface area contributed by atoms with Gasteiger partial charge in [0.2, 0.25) is 0 Å². The zero-order valence-electron chi connectivity index (χ0n) is 37.7. The molecule has 8 heteroatoms. The summed E-state index contributed by atoms with van der Waals surface area (Å²) in [6.45, 7) is 0. The van der Waals surface area contributed by atoms with E-state index in [-0.39, 0.29) is 23.0 Å². The van der Waals surface area contributed by atoms with E-state index in [9.17, 15) is 0 Å². The maximum Gasteiger partial charge on any atom is 0.166 e. The normalized spacial score (nSPS) is 12.7. The van der Waals surface area contributed by atoms with Crippen LogP contribution in [0, 0.1) is 0 Å². The van der Waals surface area contributed by atoms with Crippen LogP contribution in [0.2, 0.25) is 0 Å². The van der Waals surface area contributed by atoms with Gasteiger partial charge in [-0.2, -0.15) is 0 Å². The van der Waals surface area contributed by atoms with E-state index in [0.29, 0.717) is 34.2 Å². The minimum atomic E-state index is -0.509. The average Bonchev–Trinajstić information content (AvgIpc) is 3.91. The first kappa shape index (κ1) is 30.4. The Balaban J connectivity index is 1.18. The first-order valence-corrected chi connectivity index (χ1v) is 20.0. The fourth-order valence-corrected chi connectivity index (χ4v) is 8.12. The second-order valence-corrected chi connectivity index (χ2v) is 14.8. The van der Waals surface area contributed by atoms with E-state index in [4.69, 9.17) is 41.2 Å². The molecule has 0 atom stereocenters. The zero-order valence-corrected chi connectivity index (χ0v) is 32.7. The Morgan fingerprint density at radius 1 is 0.355 bits per heavy atom. The molecule has 4 aromatic heterocycles. The highest BCUT2D eigenvalue weighted by Crippen LogP contribution is 2.41. The molecule has 0 aliphatic heterocycles. The first-order valence-electron chi connectivity index (χ1n) is 22.5. The lowest BCUT2D eigenvalue weighted by molar-refractivity contribution is 0.669. The highest BCUT2D eigenvalue weighted by atomic mass is 16.3. The summed E-state index contributed by atoms with van der Waals surface area (Å²) in [6.07, 6.45) is 0. The Bertz CT molecular complexity index is 3850. The van der Waals surface area contributed by atoms with Crippen molar-refractivity contribution in [2.75, 3.05) is 0 Å². The number of nitrogens with zero attached hydrogens (tertiary/aromatic N) is 7. The van der Waals surface area contributed by atoms with Crippen molar-refractivity contribution >= 4 is 43.7 Å². The standard InChI is InChI=1S/C54H33N7O/c1-5-17-34(18-6-1)49-55-50(35-19-7-2-8-20-35)58-53(57-49)38-29-30-45(43(31-38)54-59-51(36-21-9-3-10-22-36)56-52(60-54)37-23-11-4-12-24-37)61-44-27-15-13-25-39(44)41-33-48-42(32-46(41)61)40-26-14-16-28-47(40)62-48/h1-33H/i1D,5D,6D,17D,18D. The van der Waals surface area contributed by atoms with Crippen molar-refractivity contribution in [3.05, 3.63) is 200 Å². The van der Waals surface area contributed by atoms with Crippen molar-refractivity contribution in [2.45, 2.75) is 0 Å². The third-order valence-electron chi connectivity index (χ3n) is 11.0. The summed E-state index contributed by atoms with van der Waals surface area (Å²) < 4.78 is 51.6. The number of furan rings is 1. The summed E-state index contributed by atoms with van der Waals surface area (Å²) in [6, 6.07) is 52.9. The Labute approximate surface area is 362 Å². The molecule has 290 valence electrons. The average molecular weight is 801 g/mol. The van der Waals surface area contributed by atoms with Gasteiger partial charge >= 0.3 is 0 Å². The number of benzene rings is 8. The molecule has 0 fully saturated rings. The summed E-state index contributed by atoms with van der Waals surface area (Å²) in [7, 11) is 0. The molecular weight excluding hydrogens is 763 g/mol. The van der Waals surface area contributed by atoms with Crippen LogP contribution in [0.1, 0.15) is 6.85 Å². The molecule has 0 aliphatic carbocycles. The molecule has 0 unspecified atom stereocenters. The van der Waals surface area contributed by atoms with Crippen LogP contribution in [0.25, 0.3) is 118 Å². The molecule has 12 rings (SSSR count). The van der Waals surface area contributed by atoms with Crippen molar-refractivity contribution in [1.29, 1.82) is 0 Å². The van der Waals surface area contributed by atoms with E-state index in [1.165, 1.54) is 0 Å². The summed E-state index contributed by atoms with van der Waals surface area (Å²) in [4.78, 5) is 30.1. The first-order chi connectivity index (χ1) is 32.8. The van der Waals surface area contributed by atoms with Crippen LogP contribution in [0.3, 0.4) is 0 Å². The van der Waals surface area contributed by atoms with Gasteiger partial charge in [-0.05, 0) is 42.5 Å². The van der Waals surface area contributed by atoms with Gasteiger partial charge in [0.05, 0.1) is 23.6 Å². The van der Waals surface area contributed by atoms with Gasteiger partial charge in [-0.1, -0.05) is 158 Å². The zero-order chi connectivity index (χ0) is 45.3. The van der Waals surface area contributed by atoms with Gasteiger partial charge in [0.25, 0.3) is 0 Å². The number of fused-ring (bicyclic) bond motifs is 6. The van der Waals surface area contributed by atoms with Crippen LogP contribution in [-0.2, 0) is 0 Å². The summed E-state index contributed by atoms with van der Waals surface area (Å²) >= 11 is 0. The van der Waals surface area contributed by atoms with Crippen molar-refractivity contribution in [3.8, 4) is 74.0 Å². The smallest absolute Gasteiger partial charge is 0.166 e. The van der Waals surface area contributed by atoms with Crippen molar-refractivity contribution in [2.24, 2.45) is 0 Å². The van der Waals surface area contributed by atoms with Gasteiger partial charge in [-0.25, -0.2) is 29.9 Å². The van der Waals surface area contributed by atoms with E-state index in [0.717, 1.165) is 60.6 Å². The molecule has 8 aromatic carbocycles. The largest absolute Gasteiger partial charge is 0.456 e. The predicted molar refractivity (Wildman–Crippen MR) is 247 cm³/mol. The molecule has 0 saturated heterocycles. The molecular formula is C54H33N7O. The highest BCUT2D eigenvalue weighted by molar-refractivity contribution is 6.17. The number of para-hydroxylation sites is 2. The molecule has 0 aliphatic rings. The Kier molecular flexibility index (Phi) is 7.16. The third kappa shape index (κ3) is 6.09.